The molecule has 18 heavy (non-hydrogen) atoms. The molecule has 0 spiro atoms. The summed E-state index contributed by atoms with van der Waals surface area (Å²) in [5.41, 5.74) is 6.51. The quantitative estimate of drug-likeness (QED) is 0.799. The second-order valence-electron chi connectivity index (χ2n) is 3.98. The summed E-state index contributed by atoms with van der Waals surface area (Å²) in [6.45, 7) is 3.04. The molecule has 1 aromatic rings. The molecule has 102 valence electrons. The second kappa shape index (κ2) is 8.64. The van der Waals surface area contributed by atoms with Gasteiger partial charge in [0.25, 0.3) is 0 Å². The third-order valence-electron chi connectivity index (χ3n) is 2.61. The van der Waals surface area contributed by atoms with Gasteiger partial charge >= 0.3 is 0 Å². The molecule has 0 amide bonds. The molecular formula is C13H20ClNO2S. The molecule has 0 bridgehead atoms. The Kier molecular flexibility index (Phi) is 7.51. The van der Waals surface area contributed by atoms with Gasteiger partial charge in [-0.25, -0.2) is 0 Å². The maximum Gasteiger partial charge on any atom is 0.0705 e. The fourth-order valence-corrected chi connectivity index (χ4v) is 3.18. The van der Waals surface area contributed by atoms with Crippen molar-refractivity contribution in [1.82, 2.24) is 0 Å². The van der Waals surface area contributed by atoms with Crippen LogP contribution in [0, 0.1) is 0 Å². The summed E-state index contributed by atoms with van der Waals surface area (Å²) in [5.74, 6) is 1.08. The summed E-state index contributed by atoms with van der Waals surface area (Å²) < 4.78 is 17.4. The lowest BCUT2D eigenvalue weighted by molar-refractivity contribution is 0.0672. The highest BCUT2D eigenvalue weighted by atomic mass is 35.5. The van der Waals surface area contributed by atoms with E-state index in [1.54, 1.807) is 0 Å². The predicted octanol–water partition coefficient (Wildman–Crippen LogP) is 2.34. The molecule has 0 aromatic heterocycles. The van der Waals surface area contributed by atoms with Crippen molar-refractivity contribution in [1.29, 1.82) is 0 Å². The molecule has 0 saturated heterocycles. The maximum absolute atomic E-state index is 11.9. The van der Waals surface area contributed by atoms with Gasteiger partial charge in [-0.15, -0.1) is 0 Å². The van der Waals surface area contributed by atoms with Crippen LogP contribution in [-0.4, -0.2) is 29.2 Å². The fourth-order valence-electron chi connectivity index (χ4n) is 1.63. The van der Waals surface area contributed by atoms with Crippen LogP contribution in [0.5, 0.6) is 0 Å². The minimum absolute atomic E-state index is 0.00481. The van der Waals surface area contributed by atoms with E-state index < -0.39 is 10.8 Å². The molecule has 1 aromatic carbocycles. The Morgan fingerprint density at radius 3 is 2.78 bits per heavy atom. The van der Waals surface area contributed by atoms with E-state index in [0.717, 1.165) is 12.0 Å². The van der Waals surface area contributed by atoms with Crippen LogP contribution in [0.15, 0.2) is 24.3 Å². The Bertz CT molecular complexity index is 387. The number of hydrogen-bond acceptors (Lipinski definition) is 3. The number of hydrogen-bond donors (Lipinski definition) is 1. The lowest BCUT2D eigenvalue weighted by atomic mass is 10.2. The van der Waals surface area contributed by atoms with Crippen LogP contribution in [0.25, 0.3) is 0 Å². The van der Waals surface area contributed by atoms with E-state index in [9.17, 15) is 4.21 Å². The highest BCUT2D eigenvalue weighted by molar-refractivity contribution is 7.84. The lowest BCUT2D eigenvalue weighted by Crippen LogP contribution is -2.25. The Hall–Kier alpha value is -0.420. The van der Waals surface area contributed by atoms with E-state index in [2.05, 4.69) is 0 Å². The van der Waals surface area contributed by atoms with Crippen molar-refractivity contribution in [2.45, 2.75) is 25.2 Å². The molecule has 1 rings (SSSR count). The third-order valence-corrected chi connectivity index (χ3v) is 4.30. The SMILES string of the molecule is CCOC(CN)CCS(=O)Cc1ccccc1Cl. The van der Waals surface area contributed by atoms with Crippen LogP contribution in [0.1, 0.15) is 18.9 Å². The number of rotatable bonds is 8. The second-order valence-corrected chi connectivity index (χ2v) is 5.97. The summed E-state index contributed by atoms with van der Waals surface area (Å²) in [7, 11) is -0.927. The van der Waals surface area contributed by atoms with Gasteiger partial charge in [0.2, 0.25) is 0 Å². The Labute approximate surface area is 116 Å². The van der Waals surface area contributed by atoms with E-state index in [0.29, 0.717) is 29.7 Å². The van der Waals surface area contributed by atoms with Gasteiger partial charge in [-0.2, -0.15) is 0 Å². The van der Waals surface area contributed by atoms with E-state index in [1.165, 1.54) is 0 Å². The van der Waals surface area contributed by atoms with Gasteiger partial charge in [0, 0.05) is 40.5 Å². The van der Waals surface area contributed by atoms with E-state index in [1.807, 2.05) is 31.2 Å². The zero-order chi connectivity index (χ0) is 13.4. The molecule has 2 unspecified atom stereocenters. The Morgan fingerprint density at radius 2 is 2.17 bits per heavy atom. The topological polar surface area (TPSA) is 52.3 Å². The first kappa shape index (κ1) is 15.6. The van der Waals surface area contributed by atoms with Crippen molar-refractivity contribution >= 4 is 22.4 Å². The van der Waals surface area contributed by atoms with Crippen LogP contribution >= 0.6 is 11.6 Å². The molecular weight excluding hydrogens is 270 g/mol. The predicted molar refractivity (Wildman–Crippen MR) is 77.3 cm³/mol. The minimum Gasteiger partial charge on any atom is -0.377 e. The van der Waals surface area contributed by atoms with Crippen LogP contribution in [-0.2, 0) is 21.3 Å². The molecule has 0 heterocycles. The standard InChI is InChI=1S/C13H20ClNO2S/c1-2-17-12(9-15)7-8-18(16)10-11-5-3-4-6-13(11)14/h3-6,12H,2,7-10,15H2,1H3. The van der Waals surface area contributed by atoms with Gasteiger partial charge in [-0.1, -0.05) is 29.8 Å². The first-order valence-electron chi connectivity index (χ1n) is 6.07. The van der Waals surface area contributed by atoms with Crippen molar-refractivity contribution in [3.8, 4) is 0 Å². The molecule has 2 atom stereocenters. The van der Waals surface area contributed by atoms with Crippen molar-refractivity contribution in [2.24, 2.45) is 5.73 Å². The minimum atomic E-state index is -0.927. The molecule has 3 nitrogen and oxygen atoms in total. The van der Waals surface area contributed by atoms with Gasteiger partial charge in [0.15, 0.2) is 0 Å². The molecule has 0 radical (unpaired) electrons. The molecule has 0 aliphatic carbocycles. The Morgan fingerprint density at radius 1 is 1.44 bits per heavy atom. The number of benzene rings is 1. The van der Waals surface area contributed by atoms with Crippen molar-refractivity contribution < 1.29 is 8.95 Å². The molecule has 0 aliphatic heterocycles. The summed E-state index contributed by atoms with van der Waals surface area (Å²) in [4.78, 5) is 0. The van der Waals surface area contributed by atoms with Crippen LogP contribution in [0.2, 0.25) is 5.02 Å². The van der Waals surface area contributed by atoms with Gasteiger partial charge in [-0.05, 0) is 25.0 Å². The molecule has 0 aliphatic rings. The Balaban J connectivity index is 2.40. The third kappa shape index (κ3) is 5.48. The lowest BCUT2D eigenvalue weighted by Gasteiger charge is -2.14. The molecule has 0 saturated carbocycles. The van der Waals surface area contributed by atoms with E-state index in [4.69, 9.17) is 22.1 Å². The highest BCUT2D eigenvalue weighted by Crippen LogP contribution is 2.17. The largest absolute Gasteiger partial charge is 0.377 e. The number of halogens is 1. The monoisotopic (exact) mass is 289 g/mol. The molecule has 0 fully saturated rings. The van der Waals surface area contributed by atoms with Gasteiger partial charge in [0.05, 0.1) is 6.10 Å². The van der Waals surface area contributed by atoms with Crippen LogP contribution in [0.4, 0.5) is 0 Å². The summed E-state index contributed by atoms with van der Waals surface area (Å²) in [5, 5.41) is 0.672. The van der Waals surface area contributed by atoms with Crippen molar-refractivity contribution in [3.05, 3.63) is 34.9 Å². The fraction of sp³-hybridized carbons (Fsp3) is 0.538. The van der Waals surface area contributed by atoms with E-state index >= 15 is 0 Å². The zero-order valence-electron chi connectivity index (χ0n) is 10.6. The average Bonchev–Trinajstić information content (AvgIpc) is 2.37. The van der Waals surface area contributed by atoms with Gasteiger partial charge in [0.1, 0.15) is 0 Å². The van der Waals surface area contributed by atoms with Gasteiger partial charge in [-0.3, -0.25) is 4.21 Å². The van der Waals surface area contributed by atoms with Crippen molar-refractivity contribution in [3.63, 3.8) is 0 Å². The summed E-state index contributed by atoms with van der Waals surface area (Å²) >= 11 is 6.03. The average molecular weight is 290 g/mol. The zero-order valence-corrected chi connectivity index (χ0v) is 12.2. The van der Waals surface area contributed by atoms with Crippen LogP contribution < -0.4 is 5.73 Å². The molecule has 5 heteroatoms. The van der Waals surface area contributed by atoms with Crippen molar-refractivity contribution in [2.75, 3.05) is 18.9 Å². The summed E-state index contributed by atoms with van der Waals surface area (Å²) in [6.07, 6.45) is 0.728. The summed E-state index contributed by atoms with van der Waals surface area (Å²) in [6, 6.07) is 7.50. The van der Waals surface area contributed by atoms with E-state index in [-0.39, 0.29) is 6.10 Å². The van der Waals surface area contributed by atoms with Gasteiger partial charge < -0.3 is 10.5 Å². The molecule has 2 N–H and O–H groups in total. The first-order valence-corrected chi connectivity index (χ1v) is 7.94. The number of nitrogens with two attached hydrogens (primary N) is 1. The smallest absolute Gasteiger partial charge is 0.0705 e. The normalized spacial score (nSPS) is 14.4. The first-order chi connectivity index (χ1) is 8.67. The maximum atomic E-state index is 11.9. The van der Waals surface area contributed by atoms with Crippen LogP contribution in [0.3, 0.4) is 0 Å². The number of ether oxygens (including phenoxy) is 1. The highest BCUT2D eigenvalue weighted by Gasteiger charge is 2.10.